The summed E-state index contributed by atoms with van der Waals surface area (Å²) in [6, 6.07) is 16.0. The van der Waals surface area contributed by atoms with E-state index >= 15 is 0 Å². The molecule has 0 saturated heterocycles. The number of halogens is 2. The molecule has 2 aromatic rings. The Bertz CT molecular complexity index is 954. The minimum absolute atomic E-state index is 0.0848. The summed E-state index contributed by atoms with van der Waals surface area (Å²) in [5.74, 6) is -3.01. The van der Waals surface area contributed by atoms with Crippen LogP contribution in [0.3, 0.4) is 0 Å². The third-order valence-electron chi connectivity index (χ3n) is 5.35. The largest absolute Gasteiger partial charge is 0.368 e. The molecule has 0 aromatic heterocycles. The normalized spacial score (nSPS) is 12.6. The SMILES string of the molecule is C=C(/C(=C\C=C(/C)Nc1ccc(CNC)cc1)C(C)(F)F)N(CC)Cc1ccccc1C. The Hall–Kier alpha value is -2.92. The van der Waals surface area contributed by atoms with E-state index in [0.29, 0.717) is 18.8 Å². The maximum absolute atomic E-state index is 14.5. The lowest BCUT2D eigenvalue weighted by molar-refractivity contribution is 0.0615. The van der Waals surface area contributed by atoms with Gasteiger partial charge in [-0.05, 0) is 68.8 Å². The van der Waals surface area contributed by atoms with E-state index in [1.54, 1.807) is 6.08 Å². The van der Waals surface area contributed by atoms with Crippen LogP contribution in [0.4, 0.5) is 14.5 Å². The lowest BCUT2D eigenvalue weighted by atomic mass is 10.0. The lowest BCUT2D eigenvalue weighted by Crippen LogP contribution is -2.28. The molecule has 32 heavy (non-hydrogen) atoms. The number of benzene rings is 2. The molecule has 0 atom stereocenters. The Balaban J connectivity index is 2.21. The van der Waals surface area contributed by atoms with Crippen molar-refractivity contribution in [1.29, 1.82) is 0 Å². The van der Waals surface area contributed by atoms with Crippen molar-refractivity contribution in [2.45, 2.75) is 46.7 Å². The summed E-state index contributed by atoms with van der Waals surface area (Å²) < 4.78 is 29.1. The van der Waals surface area contributed by atoms with Gasteiger partial charge in [0, 0.05) is 49.2 Å². The molecule has 0 spiro atoms. The molecule has 0 aliphatic rings. The lowest BCUT2D eigenvalue weighted by Gasteiger charge is -2.30. The minimum atomic E-state index is -3.01. The maximum Gasteiger partial charge on any atom is 0.272 e. The number of rotatable bonds is 11. The van der Waals surface area contributed by atoms with Crippen LogP contribution in [0.1, 0.15) is 37.5 Å². The number of nitrogens with one attached hydrogen (secondary N) is 2. The fourth-order valence-electron chi connectivity index (χ4n) is 3.45. The topological polar surface area (TPSA) is 27.3 Å². The second kappa shape index (κ2) is 11.6. The third kappa shape index (κ3) is 7.34. The zero-order valence-corrected chi connectivity index (χ0v) is 19.8. The molecular weight excluding hydrogens is 404 g/mol. The molecule has 0 amide bonds. The van der Waals surface area contributed by atoms with Crippen LogP contribution in [0.2, 0.25) is 0 Å². The first-order chi connectivity index (χ1) is 15.2. The van der Waals surface area contributed by atoms with E-state index < -0.39 is 5.92 Å². The molecule has 2 rings (SSSR count). The van der Waals surface area contributed by atoms with Gasteiger partial charge in [-0.2, -0.15) is 0 Å². The molecule has 0 aliphatic heterocycles. The van der Waals surface area contributed by atoms with Gasteiger partial charge >= 0.3 is 0 Å². The summed E-state index contributed by atoms with van der Waals surface area (Å²) in [5.41, 5.74) is 5.34. The van der Waals surface area contributed by atoms with Crippen LogP contribution in [0.15, 0.2) is 84.2 Å². The fraction of sp³-hybridized carbons (Fsp3) is 0.333. The predicted octanol–water partition coefficient (Wildman–Crippen LogP) is 6.65. The summed E-state index contributed by atoms with van der Waals surface area (Å²) in [5, 5.41) is 6.37. The van der Waals surface area contributed by atoms with Crippen molar-refractivity contribution >= 4 is 5.69 Å². The smallest absolute Gasteiger partial charge is 0.272 e. The molecule has 0 aliphatic carbocycles. The first-order valence-electron chi connectivity index (χ1n) is 10.9. The Labute approximate surface area is 191 Å². The highest BCUT2D eigenvalue weighted by molar-refractivity contribution is 5.50. The molecule has 2 aromatic carbocycles. The fourth-order valence-corrected chi connectivity index (χ4v) is 3.45. The summed E-state index contributed by atoms with van der Waals surface area (Å²) in [6.07, 6.45) is 3.15. The number of alkyl halides is 2. The molecule has 0 radical (unpaired) electrons. The molecule has 5 heteroatoms. The van der Waals surface area contributed by atoms with E-state index in [1.807, 2.05) is 81.2 Å². The van der Waals surface area contributed by atoms with E-state index in [2.05, 4.69) is 17.2 Å². The third-order valence-corrected chi connectivity index (χ3v) is 5.35. The Morgan fingerprint density at radius 3 is 2.31 bits per heavy atom. The van der Waals surface area contributed by atoms with Crippen molar-refractivity contribution in [3.63, 3.8) is 0 Å². The van der Waals surface area contributed by atoms with E-state index in [0.717, 1.165) is 36.0 Å². The second-order valence-corrected chi connectivity index (χ2v) is 8.06. The average molecular weight is 440 g/mol. The maximum atomic E-state index is 14.5. The first kappa shape index (κ1) is 25.3. The monoisotopic (exact) mass is 439 g/mol. The molecule has 0 fully saturated rings. The van der Waals surface area contributed by atoms with Crippen molar-refractivity contribution in [3.05, 3.63) is 101 Å². The highest BCUT2D eigenvalue weighted by Gasteiger charge is 2.31. The van der Waals surface area contributed by atoms with Crippen molar-refractivity contribution in [2.75, 3.05) is 18.9 Å². The number of likely N-dealkylation sites (N-methyl/N-ethyl adjacent to an activating group) is 1. The highest BCUT2D eigenvalue weighted by Crippen LogP contribution is 2.31. The van der Waals surface area contributed by atoms with Crippen LogP contribution < -0.4 is 10.6 Å². The quantitative estimate of drug-likeness (QED) is 0.384. The number of nitrogens with zero attached hydrogens (tertiary/aromatic N) is 1. The van der Waals surface area contributed by atoms with Gasteiger partial charge in [-0.15, -0.1) is 0 Å². The van der Waals surface area contributed by atoms with E-state index in [1.165, 1.54) is 11.6 Å². The number of hydrogen-bond acceptors (Lipinski definition) is 3. The van der Waals surface area contributed by atoms with Gasteiger partial charge in [-0.1, -0.05) is 43.0 Å². The Morgan fingerprint density at radius 1 is 1.09 bits per heavy atom. The molecular formula is C27H35F2N3. The van der Waals surface area contributed by atoms with E-state index in [4.69, 9.17) is 0 Å². The zero-order valence-electron chi connectivity index (χ0n) is 19.8. The number of aryl methyl sites for hydroxylation is 1. The molecule has 172 valence electrons. The van der Waals surface area contributed by atoms with Crippen LogP contribution in [0.5, 0.6) is 0 Å². The summed E-state index contributed by atoms with van der Waals surface area (Å²) in [6.45, 7) is 12.7. The number of anilines is 1. The predicted molar refractivity (Wildman–Crippen MR) is 132 cm³/mol. The van der Waals surface area contributed by atoms with Crippen molar-refractivity contribution < 1.29 is 8.78 Å². The van der Waals surface area contributed by atoms with Crippen LogP contribution >= 0.6 is 0 Å². The summed E-state index contributed by atoms with van der Waals surface area (Å²) in [4.78, 5) is 1.89. The molecule has 0 heterocycles. The second-order valence-electron chi connectivity index (χ2n) is 8.06. The van der Waals surface area contributed by atoms with Gasteiger partial charge in [0.25, 0.3) is 5.92 Å². The standard InChI is InChI=1S/C27H35F2N3/c1-7-32(19-24-11-9-8-10-20(24)2)22(4)26(27(5,28)29)17-12-21(3)31-25-15-13-23(14-16-25)18-30-6/h8-17,30-31H,4,7,18-19H2,1-3,5-6H3/b21-12+,26-17+. The molecule has 0 unspecified atom stereocenters. The number of allylic oxidation sites excluding steroid dienone is 4. The van der Waals surface area contributed by atoms with Crippen molar-refractivity contribution in [2.24, 2.45) is 0 Å². The van der Waals surface area contributed by atoms with Gasteiger partial charge in [-0.25, -0.2) is 8.78 Å². The molecule has 0 saturated carbocycles. The van der Waals surface area contributed by atoms with Crippen LogP contribution in [0.25, 0.3) is 0 Å². The summed E-state index contributed by atoms with van der Waals surface area (Å²) in [7, 11) is 1.90. The van der Waals surface area contributed by atoms with Crippen LogP contribution in [-0.4, -0.2) is 24.4 Å². The van der Waals surface area contributed by atoms with Gasteiger partial charge in [0.1, 0.15) is 0 Å². The van der Waals surface area contributed by atoms with Gasteiger partial charge in [0.2, 0.25) is 0 Å². The first-order valence-corrected chi connectivity index (χ1v) is 10.9. The van der Waals surface area contributed by atoms with E-state index in [9.17, 15) is 8.78 Å². The van der Waals surface area contributed by atoms with Crippen LogP contribution in [-0.2, 0) is 13.1 Å². The minimum Gasteiger partial charge on any atom is -0.368 e. The molecule has 3 nitrogen and oxygen atoms in total. The number of hydrogen-bond donors (Lipinski definition) is 2. The molecule has 2 N–H and O–H groups in total. The Kier molecular flexibility index (Phi) is 9.21. The van der Waals surface area contributed by atoms with Crippen molar-refractivity contribution in [1.82, 2.24) is 10.2 Å². The van der Waals surface area contributed by atoms with Crippen molar-refractivity contribution in [3.8, 4) is 0 Å². The average Bonchev–Trinajstić information content (AvgIpc) is 2.74. The van der Waals surface area contributed by atoms with Gasteiger partial charge in [0.15, 0.2) is 0 Å². The zero-order chi connectivity index (χ0) is 23.7. The van der Waals surface area contributed by atoms with Gasteiger partial charge in [-0.3, -0.25) is 0 Å². The summed E-state index contributed by atoms with van der Waals surface area (Å²) >= 11 is 0. The van der Waals surface area contributed by atoms with Crippen LogP contribution in [0, 0.1) is 6.92 Å². The molecule has 0 bridgehead atoms. The van der Waals surface area contributed by atoms with E-state index in [-0.39, 0.29) is 5.57 Å². The van der Waals surface area contributed by atoms with Gasteiger partial charge in [0.05, 0.1) is 0 Å². The highest BCUT2D eigenvalue weighted by atomic mass is 19.3. The van der Waals surface area contributed by atoms with Gasteiger partial charge < -0.3 is 15.5 Å². The Morgan fingerprint density at radius 2 is 1.75 bits per heavy atom.